The van der Waals surface area contributed by atoms with E-state index >= 15 is 0 Å². The first-order valence-electron chi connectivity index (χ1n) is 8.05. The van der Waals surface area contributed by atoms with Crippen molar-refractivity contribution in [2.45, 2.75) is 25.7 Å². The average molecular weight is 473 g/mol. The monoisotopic (exact) mass is 473 g/mol. The Morgan fingerprint density at radius 3 is 2.72 bits per heavy atom. The minimum absolute atomic E-state index is 0. The summed E-state index contributed by atoms with van der Waals surface area (Å²) in [5.74, 6) is 1.91. The third kappa shape index (κ3) is 5.24. The third-order valence-corrected chi connectivity index (χ3v) is 5.09. The van der Waals surface area contributed by atoms with Gasteiger partial charge in [-0.25, -0.2) is 0 Å². The van der Waals surface area contributed by atoms with Crippen molar-refractivity contribution >= 4 is 47.0 Å². The molecule has 0 saturated heterocycles. The van der Waals surface area contributed by atoms with Crippen molar-refractivity contribution in [1.82, 2.24) is 0 Å². The molecule has 3 rings (SSSR count). The van der Waals surface area contributed by atoms with Crippen LogP contribution in [-0.2, 0) is 5.41 Å². The van der Waals surface area contributed by atoms with Gasteiger partial charge in [0, 0.05) is 28.5 Å². The maximum Gasteiger partial charge on any atom is 0.193 e. The predicted octanol–water partition coefficient (Wildman–Crippen LogP) is 4.23. The summed E-state index contributed by atoms with van der Waals surface area (Å²) in [5.41, 5.74) is 6.85. The van der Waals surface area contributed by atoms with Crippen molar-refractivity contribution in [3.05, 3.63) is 40.6 Å². The fourth-order valence-corrected chi connectivity index (χ4v) is 3.30. The van der Waals surface area contributed by atoms with Crippen LogP contribution in [0.4, 0.5) is 5.69 Å². The molecule has 25 heavy (non-hydrogen) atoms. The zero-order chi connectivity index (χ0) is 17.0. The number of ether oxygens (including phenoxy) is 2. The van der Waals surface area contributed by atoms with E-state index in [2.05, 4.69) is 41.7 Å². The Hall–Kier alpha value is -1.48. The zero-order valence-electron chi connectivity index (χ0n) is 14.5. The number of nitrogens with two attached hydrogens (primary N) is 1. The normalized spacial score (nSPS) is 14.4. The van der Waals surface area contributed by atoms with Gasteiger partial charge in [-0.15, -0.1) is 35.3 Å². The van der Waals surface area contributed by atoms with E-state index in [9.17, 15) is 0 Å². The molecule has 1 aliphatic heterocycles. The van der Waals surface area contributed by atoms with Crippen LogP contribution >= 0.6 is 35.3 Å². The molecule has 0 fully saturated rings. The lowest BCUT2D eigenvalue weighted by atomic mass is 9.92. The molecule has 1 aromatic heterocycles. The summed E-state index contributed by atoms with van der Waals surface area (Å²) in [6, 6.07) is 9.90. The second-order valence-corrected chi connectivity index (χ2v) is 7.35. The van der Waals surface area contributed by atoms with Crippen LogP contribution in [0.1, 0.15) is 25.1 Å². The summed E-state index contributed by atoms with van der Waals surface area (Å²) in [7, 11) is 0. The number of aliphatic imine (C=N–C) groups is 1. The van der Waals surface area contributed by atoms with Crippen LogP contribution in [-0.4, -0.2) is 25.7 Å². The number of halogens is 1. The van der Waals surface area contributed by atoms with Gasteiger partial charge in [-0.3, -0.25) is 4.99 Å². The van der Waals surface area contributed by atoms with Crippen LogP contribution < -0.4 is 20.5 Å². The Morgan fingerprint density at radius 1 is 1.24 bits per heavy atom. The summed E-state index contributed by atoms with van der Waals surface area (Å²) in [4.78, 5) is 5.80. The molecule has 0 atom stereocenters. The highest BCUT2D eigenvalue weighted by Gasteiger charge is 2.21. The fourth-order valence-electron chi connectivity index (χ4n) is 2.45. The van der Waals surface area contributed by atoms with Gasteiger partial charge in [0.15, 0.2) is 17.5 Å². The molecular weight excluding hydrogens is 449 g/mol. The zero-order valence-corrected chi connectivity index (χ0v) is 17.6. The topological polar surface area (TPSA) is 68.9 Å². The van der Waals surface area contributed by atoms with E-state index < -0.39 is 0 Å². The molecule has 1 aromatic carbocycles. The van der Waals surface area contributed by atoms with Crippen LogP contribution in [0.3, 0.4) is 0 Å². The van der Waals surface area contributed by atoms with Crippen molar-refractivity contribution < 1.29 is 9.47 Å². The lowest BCUT2D eigenvalue weighted by molar-refractivity contribution is 0.297. The number of nitrogens with one attached hydrogen (secondary N) is 1. The van der Waals surface area contributed by atoms with Gasteiger partial charge in [-0.2, -0.15) is 0 Å². The molecule has 0 aliphatic carbocycles. The minimum Gasteiger partial charge on any atom is -0.490 e. The van der Waals surface area contributed by atoms with E-state index in [4.69, 9.17) is 15.2 Å². The number of hydrogen-bond acceptors (Lipinski definition) is 4. The molecular formula is C18H24IN3O2S. The fraction of sp³-hybridized carbons (Fsp3) is 0.389. The van der Waals surface area contributed by atoms with Gasteiger partial charge in [0.05, 0.1) is 19.8 Å². The predicted molar refractivity (Wildman–Crippen MR) is 115 cm³/mol. The lowest BCUT2D eigenvalue weighted by Crippen LogP contribution is -2.27. The van der Waals surface area contributed by atoms with Crippen LogP contribution in [0.5, 0.6) is 11.5 Å². The molecule has 0 amide bonds. The molecule has 1 aliphatic rings. The van der Waals surface area contributed by atoms with Gasteiger partial charge >= 0.3 is 0 Å². The number of thiophene rings is 1. The van der Waals surface area contributed by atoms with Gasteiger partial charge in [0.25, 0.3) is 0 Å². The number of benzene rings is 1. The first kappa shape index (κ1) is 19.8. The second kappa shape index (κ2) is 8.75. The molecule has 0 unspecified atom stereocenters. The molecule has 0 radical (unpaired) electrons. The highest BCUT2D eigenvalue weighted by Crippen LogP contribution is 2.32. The maximum atomic E-state index is 6.04. The number of nitrogens with zero attached hydrogens (tertiary/aromatic N) is 1. The molecule has 7 heteroatoms. The number of hydrogen-bond donors (Lipinski definition) is 2. The van der Waals surface area contributed by atoms with Crippen molar-refractivity contribution in [3.63, 3.8) is 0 Å². The minimum atomic E-state index is -0.0365. The Kier molecular flexibility index (Phi) is 6.95. The van der Waals surface area contributed by atoms with Crippen molar-refractivity contribution in [1.29, 1.82) is 0 Å². The summed E-state index contributed by atoms with van der Waals surface area (Å²) >= 11 is 1.74. The Morgan fingerprint density at radius 2 is 2.00 bits per heavy atom. The highest BCUT2D eigenvalue weighted by molar-refractivity contribution is 14.0. The molecule has 2 aromatic rings. The summed E-state index contributed by atoms with van der Waals surface area (Å²) < 4.78 is 11.3. The van der Waals surface area contributed by atoms with Crippen LogP contribution in [0, 0.1) is 0 Å². The highest BCUT2D eigenvalue weighted by atomic mass is 127. The summed E-state index contributed by atoms with van der Waals surface area (Å²) in [5, 5.41) is 5.21. The SMILES string of the molecule is CC(C)(CN=C(N)Nc1ccc2c(c1)OCCCO2)c1cccs1.I. The van der Waals surface area contributed by atoms with E-state index in [1.54, 1.807) is 11.3 Å². The van der Waals surface area contributed by atoms with E-state index in [1.807, 2.05) is 18.2 Å². The lowest BCUT2D eigenvalue weighted by Gasteiger charge is -2.21. The average Bonchev–Trinajstić information content (AvgIpc) is 3.01. The van der Waals surface area contributed by atoms with Gasteiger partial charge in [0.2, 0.25) is 0 Å². The number of guanidine groups is 1. The number of anilines is 1. The Bertz CT molecular complexity index is 717. The van der Waals surface area contributed by atoms with Gasteiger partial charge in [0.1, 0.15) is 0 Å². The van der Waals surface area contributed by atoms with Crippen molar-refractivity contribution in [2.75, 3.05) is 25.1 Å². The summed E-state index contributed by atoms with van der Waals surface area (Å²) in [6.07, 6.45) is 0.888. The van der Waals surface area contributed by atoms with E-state index in [-0.39, 0.29) is 29.4 Å². The maximum absolute atomic E-state index is 6.04. The van der Waals surface area contributed by atoms with E-state index in [0.717, 1.165) is 23.6 Å². The summed E-state index contributed by atoms with van der Waals surface area (Å²) in [6.45, 7) is 6.31. The largest absolute Gasteiger partial charge is 0.490 e. The molecule has 5 nitrogen and oxygen atoms in total. The first-order chi connectivity index (χ1) is 11.5. The third-order valence-electron chi connectivity index (χ3n) is 3.85. The van der Waals surface area contributed by atoms with E-state index in [1.165, 1.54) is 4.88 Å². The molecule has 0 spiro atoms. The van der Waals surface area contributed by atoms with Gasteiger partial charge in [-0.05, 0) is 23.6 Å². The number of fused-ring (bicyclic) bond motifs is 1. The molecule has 136 valence electrons. The molecule has 0 saturated carbocycles. The number of rotatable bonds is 4. The van der Waals surface area contributed by atoms with Crippen LogP contribution in [0.15, 0.2) is 40.7 Å². The van der Waals surface area contributed by atoms with Gasteiger partial charge < -0.3 is 20.5 Å². The second-order valence-electron chi connectivity index (χ2n) is 6.40. The van der Waals surface area contributed by atoms with Crippen LogP contribution in [0.25, 0.3) is 0 Å². The smallest absolute Gasteiger partial charge is 0.193 e. The molecule has 0 bridgehead atoms. The standard InChI is InChI=1S/C18H23N3O2S.HI/c1-18(2,16-5-3-10-24-16)12-20-17(19)21-13-6-7-14-15(11-13)23-9-4-8-22-14;/h3,5-7,10-11H,4,8-9,12H2,1-2H3,(H3,19,20,21);1H. The van der Waals surface area contributed by atoms with Gasteiger partial charge in [-0.1, -0.05) is 19.9 Å². The van der Waals surface area contributed by atoms with E-state index in [0.29, 0.717) is 25.7 Å². The molecule has 2 heterocycles. The Balaban J connectivity index is 0.00000225. The quantitative estimate of drug-likeness (QED) is 0.396. The first-order valence-corrected chi connectivity index (χ1v) is 8.93. The van der Waals surface area contributed by atoms with Crippen molar-refractivity contribution in [2.24, 2.45) is 10.7 Å². The van der Waals surface area contributed by atoms with Crippen molar-refractivity contribution in [3.8, 4) is 11.5 Å². The Labute approximate surface area is 169 Å². The molecule has 3 N–H and O–H groups in total. The van der Waals surface area contributed by atoms with Crippen LogP contribution in [0.2, 0.25) is 0 Å².